The second-order valence-corrected chi connectivity index (χ2v) is 5.16. The molecular formula is C13H18BrN. The lowest BCUT2D eigenvalue weighted by atomic mass is 9.91. The Morgan fingerprint density at radius 1 is 1.47 bits per heavy atom. The highest BCUT2D eigenvalue weighted by molar-refractivity contribution is 9.10. The molecule has 1 aliphatic heterocycles. The molecule has 0 amide bonds. The van der Waals surface area contributed by atoms with Crippen molar-refractivity contribution in [1.29, 1.82) is 0 Å². The molecule has 0 saturated carbocycles. The summed E-state index contributed by atoms with van der Waals surface area (Å²) in [6.07, 6.45) is 5.02. The Bertz CT molecular complexity index is 335. The Hall–Kier alpha value is -0.340. The van der Waals surface area contributed by atoms with E-state index in [1.165, 1.54) is 41.3 Å². The van der Waals surface area contributed by atoms with Crippen molar-refractivity contribution in [1.82, 2.24) is 5.32 Å². The summed E-state index contributed by atoms with van der Waals surface area (Å²) < 4.78 is 1.20. The molecule has 0 unspecified atom stereocenters. The zero-order valence-electron chi connectivity index (χ0n) is 9.22. The van der Waals surface area contributed by atoms with Crippen LogP contribution >= 0.6 is 15.9 Å². The summed E-state index contributed by atoms with van der Waals surface area (Å²) >= 11 is 3.56. The van der Waals surface area contributed by atoms with Crippen LogP contribution in [0.4, 0.5) is 0 Å². The molecule has 2 rings (SSSR count). The van der Waals surface area contributed by atoms with Gasteiger partial charge in [0.15, 0.2) is 0 Å². The normalized spacial score (nSPS) is 20.0. The molecular weight excluding hydrogens is 250 g/mol. The van der Waals surface area contributed by atoms with E-state index >= 15 is 0 Å². The number of halogens is 1. The maximum atomic E-state index is 3.62. The van der Waals surface area contributed by atoms with Crippen molar-refractivity contribution < 1.29 is 0 Å². The molecule has 0 radical (unpaired) electrons. The van der Waals surface area contributed by atoms with E-state index in [1.807, 2.05) is 0 Å². The van der Waals surface area contributed by atoms with Crippen molar-refractivity contribution in [2.75, 3.05) is 6.54 Å². The molecule has 1 atom stereocenters. The molecule has 1 aliphatic rings. The number of rotatable bonds is 3. The fourth-order valence-corrected chi connectivity index (χ4v) is 2.65. The molecule has 1 heterocycles. The first-order valence-corrected chi connectivity index (χ1v) is 6.62. The third-order valence-electron chi connectivity index (χ3n) is 3.11. The average Bonchev–Trinajstić information content (AvgIpc) is 2.26. The number of fused-ring (bicyclic) bond motifs is 1. The van der Waals surface area contributed by atoms with E-state index in [2.05, 4.69) is 46.4 Å². The summed E-state index contributed by atoms with van der Waals surface area (Å²) in [5.74, 6) is 0. The predicted octanol–water partition coefficient (Wildman–Crippen LogP) is 3.83. The van der Waals surface area contributed by atoms with Crippen LogP contribution < -0.4 is 5.32 Å². The monoisotopic (exact) mass is 267 g/mol. The van der Waals surface area contributed by atoms with Crippen LogP contribution in [0.1, 0.15) is 43.4 Å². The second kappa shape index (κ2) is 5.13. The smallest absolute Gasteiger partial charge is 0.0323 e. The van der Waals surface area contributed by atoms with Gasteiger partial charge in [0.25, 0.3) is 0 Å². The van der Waals surface area contributed by atoms with Gasteiger partial charge in [0.2, 0.25) is 0 Å². The van der Waals surface area contributed by atoms with Crippen molar-refractivity contribution in [3.8, 4) is 0 Å². The minimum absolute atomic E-state index is 0.575. The van der Waals surface area contributed by atoms with Crippen LogP contribution in [0.2, 0.25) is 0 Å². The van der Waals surface area contributed by atoms with Gasteiger partial charge in [0.05, 0.1) is 0 Å². The number of hydrogen-bond donors (Lipinski definition) is 1. The second-order valence-electron chi connectivity index (χ2n) is 4.24. The van der Waals surface area contributed by atoms with Gasteiger partial charge in [-0.25, -0.2) is 0 Å². The SMILES string of the molecule is CCCC[C@H]1NCCc2ccc(Br)cc21. The van der Waals surface area contributed by atoms with Crippen LogP contribution in [0.15, 0.2) is 22.7 Å². The standard InChI is InChI=1S/C13H18BrN/c1-2-3-4-13-12-9-11(14)6-5-10(12)7-8-15-13/h5-6,9,13,15H,2-4,7-8H2,1H3/t13-/m1/s1. The summed E-state index contributed by atoms with van der Waals surface area (Å²) in [5, 5.41) is 3.62. The van der Waals surface area contributed by atoms with Crippen LogP contribution in [-0.2, 0) is 6.42 Å². The predicted molar refractivity (Wildman–Crippen MR) is 68.1 cm³/mol. The Kier molecular flexibility index (Phi) is 3.81. The molecule has 0 aliphatic carbocycles. The lowest BCUT2D eigenvalue weighted by Gasteiger charge is -2.27. The van der Waals surface area contributed by atoms with Crippen LogP contribution in [0, 0.1) is 0 Å². The van der Waals surface area contributed by atoms with Gasteiger partial charge in [0.1, 0.15) is 0 Å². The zero-order valence-corrected chi connectivity index (χ0v) is 10.8. The first kappa shape index (κ1) is 11.2. The maximum absolute atomic E-state index is 3.62. The van der Waals surface area contributed by atoms with Gasteiger partial charge >= 0.3 is 0 Å². The highest BCUT2D eigenvalue weighted by atomic mass is 79.9. The summed E-state index contributed by atoms with van der Waals surface area (Å²) in [4.78, 5) is 0. The Balaban J connectivity index is 2.20. The Morgan fingerprint density at radius 3 is 3.13 bits per heavy atom. The molecule has 82 valence electrons. The molecule has 2 heteroatoms. The van der Waals surface area contributed by atoms with Crippen molar-refractivity contribution in [2.24, 2.45) is 0 Å². The number of hydrogen-bond acceptors (Lipinski definition) is 1. The van der Waals surface area contributed by atoms with Crippen LogP contribution in [0.3, 0.4) is 0 Å². The zero-order chi connectivity index (χ0) is 10.7. The van der Waals surface area contributed by atoms with Gasteiger partial charge in [-0.2, -0.15) is 0 Å². The lowest BCUT2D eigenvalue weighted by molar-refractivity contribution is 0.460. The third-order valence-corrected chi connectivity index (χ3v) is 3.61. The van der Waals surface area contributed by atoms with E-state index in [0.29, 0.717) is 6.04 Å². The first-order chi connectivity index (χ1) is 7.31. The van der Waals surface area contributed by atoms with Gasteiger partial charge in [0, 0.05) is 10.5 Å². The summed E-state index contributed by atoms with van der Waals surface area (Å²) in [6, 6.07) is 7.27. The highest BCUT2D eigenvalue weighted by Gasteiger charge is 2.18. The summed E-state index contributed by atoms with van der Waals surface area (Å²) in [6.45, 7) is 3.38. The molecule has 1 aromatic carbocycles. The molecule has 15 heavy (non-hydrogen) atoms. The Morgan fingerprint density at radius 2 is 2.33 bits per heavy atom. The van der Waals surface area contributed by atoms with Crippen LogP contribution in [0.25, 0.3) is 0 Å². The van der Waals surface area contributed by atoms with Crippen LogP contribution in [0.5, 0.6) is 0 Å². The molecule has 0 saturated heterocycles. The highest BCUT2D eigenvalue weighted by Crippen LogP contribution is 2.29. The topological polar surface area (TPSA) is 12.0 Å². The average molecular weight is 268 g/mol. The van der Waals surface area contributed by atoms with Crippen molar-refractivity contribution >= 4 is 15.9 Å². The van der Waals surface area contributed by atoms with Gasteiger partial charge < -0.3 is 5.32 Å². The third kappa shape index (κ3) is 2.61. The molecule has 0 fully saturated rings. The minimum Gasteiger partial charge on any atom is -0.310 e. The van der Waals surface area contributed by atoms with Gasteiger partial charge in [-0.3, -0.25) is 0 Å². The molecule has 1 aromatic rings. The number of benzene rings is 1. The first-order valence-electron chi connectivity index (χ1n) is 5.83. The summed E-state index contributed by atoms with van der Waals surface area (Å²) in [5.41, 5.74) is 3.03. The minimum atomic E-state index is 0.575. The molecule has 0 bridgehead atoms. The van der Waals surface area contributed by atoms with Gasteiger partial charge in [-0.05, 0) is 42.6 Å². The quantitative estimate of drug-likeness (QED) is 0.878. The molecule has 0 aromatic heterocycles. The van der Waals surface area contributed by atoms with Crippen molar-refractivity contribution in [3.05, 3.63) is 33.8 Å². The van der Waals surface area contributed by atoms with Crippen molar-refractivity contribution in [3.63, 3.8) is 0 Å². The fourth-order valence-electron chi connectivity index (χ4n) is 2.27. The van der Waals surface area contributed by atoms with E-state index in [-0.39, 0.29) is 0 Å². The lowest BCUT2D eigenvalue weighted by Crippen LogP contribution is -2.29. The largest absolute Gasteiger partial charge is 0.310 e. The fraction of sp³-hybridized carbons (Fsp3) is 0.538. The number of unbranched alkanes of at least 4 members (excludes halogenated alkanes) is 1. The van der Waals surface area contributed by atoms with E-state index < -0.39 is 0 Å². The van der Waals surface area contributed by atoms with E-state index in [4.69, 9.17) is 0 Å². The molecule has 1 nitrogen and oxygen atoms in total. The van der Waals surface area contributed by atoms with E-state index in [0.717, 1.165) is 6.54 Å². The van der Waals surface area contributed by atoms with Gasteiger partial charge in [-0.15, -0.1) is 0 Å². The van der Waals surface area contributed by atoms with Crippen LogP contribution in [-0.4, -0.2) is 6.54 Å². The van der Waals surface area contributed by atoms with Crippen molar-refractivity contribution in [2.45, 2.75) is 38.6 Å². The Labute approximate surface area is 100 Å². The van der Waals surface area contributed by atoms with E-state index in [9.17, 15) is 0 Å². The maximum Gasteiger partial charge on any atom is 0.0323 e. The summed E-state index contributed by atoms with van der Waals surface area (Å²) in [7, 11) is 0. The molecule has 1 N–H and O–H groups in total. The molecule has 0 spiro atoms. The number of nitrogens with one attached hydrogen (secondary N) is 1. The van der Waals surface area contributed by atoms with E-state index in [1.54, 1.807) is 0 Å². The van der Waals surface area contributed by atoms with Gasteiger partial charge in [-0.1, -0.05) is 41.8 Å².